The Morgan fingerprint density at radius 2 is 1.67 bits per heavy atom. The maximum absolute atomic E-state index is 13.6. The molecule has 1 N–H and O–H groups in total. The van der Waals surface area contributed by atoms with Gasteiger partial charge in [0.15, 0.2) is 0 Å². The molecule has 0 saturated carbocycles. The van der Waals surface area contributed by atoms with Gasteiger partial charge in [-0.05, 0) is 30.5 Å². The van der Waals surface area contributed by atoms with E-state index in [1.54, 1.807) is 24.3 Å². The number of sulfonamides is 1. The Balaban J connectivity index is 2.43. The van der Waals surface area contributed by atoms with Crippen molar-refractivity contribution in [2.24, 2.45) is 0 Å². The summed E-state index contributed by atoms with van der Waals surface area (Å²) in [5.41, 5.74) is 1.11. The third-order valence-corrected chi connectivity index (χ3v) is 6.29. The number of benzene rings is 2. The maximum Gasteiger partial charge on any atom is 0.244 e. The fourth-order valence-electron chi connectivity index (χ4n) is 3.50. The predicted molar refractivity (Wildman–Crippen MR) is 130 cm³/mol. The van der Waals surface area contributed by atoms with Crippen LogP contribution in [-0.2, 0) is 26.2 Å². The molecule has 0 aliphatic rings. The molecule has 0 bridgehead atoms. The van der Waals surface area contributed by atoms with Crippen LogP contribution in [0.4, 0.5) is 5.69 Å². The molecule has 1 atom stereocenters. The number of carbonyl (C=O) groups excluding carboxylic acids is 2. The van der Waals surface area contributed by atoms with Gasteiger partial charge in [0.1, 0.15) is 18.3 Å². The zero-order valence-electron chi connectivity index (χ0n) is 19.7. The highest BCUT2D eigenvalue weighted by Crippen LogP contribution is 2.29. The van der Waals surface area contributed by atoms with E-state index in [1.165, 1.54) is 12.0 Å². The summed E-state index contributed by atoms with van der Waals surface area (Å²) in [5.74, 6) is -0.404. The summed E-state index contributed by atoms with van der Waals surface area (Å²) in [7, 11) is -2.38. The van der Waals surface area contributed by atoms with Crippen molar-refractivity contribution in [3.8, 4) is 5.75 Å². The third-order valence-electron chi connectivity index (χ3n) is 5.16. The minimum absolute atomic E-state index is 0.182. The first-order valence-electron chi connectivity index (χ1n) is 10.9. The van der Waals surface area contributed by atoms with Crippen molar-refractivity contribution in [3.63, 3.8) is 0 Å². The number of anilines is 1. The molecule has 0 saturated heterocycles. The van der Waals surface area contributed by atoms with Gasteiger partial charge in [0.25, 0.3) is 0 Å². The summed E-state index contributed by atoms with van der Waals surface area (Å²) in [5, 5.41) is 2.85. The van der Waals surface area contributed by atoms with E-state index in [0.29, 0.717) is 18.7 Å². The summed E-state index contributed by atoms with van der Waals surface area (Å²) in [4.78, 5) is 27.9. The minimum Gasteiger partial charge on any atom is -0.495 e. The van der Waals surface area contributed by atoms with Gasteiger partial charge in [-0.2, -0.15) is 0 Å². The lowest BCUT2D eigenvalue weighted by Crippen LogP contribution is -2.52. The third kappa shape index (κ3) is 7.21. The second-order valence-corrected chi connectivity index (χ2v) is 9.57. The minimum atomic E-state index is -3.81. The molecule has 2 rings (SSSR count). The van der Waals surface area contributed by atoms with Crippen molar-refractivity contribution >= 4 is 27.5 Å². The first-order valence-corrected chi connectivity index (χ1v) is 12.8. The van der Waals surface area contributed by atoms with Gasteiger partial charge in [0, 0.05) is 13.1 Å². The van der Waals surface area contributed by atoms with Crippen LogP contribution in [0.5, 0.6) is 5.75 Å². The molecule has 1 unspecified atom stereocenters. The second kappa shape index (κ2) is 12.2. The Morgan fingerprint density at radius 1 is 1.03 bits per heavy atom. The van der Waals surface area contributed by atoms with Crippen LogP contribution >= 0.6 is 0 Å². The van der Waals surface area contributed by atoms with Crippen molar-refractivity contribution in [2.75, 3.05) is 30.8 Å². The fourth-order valence-corrected chi connectivity index (χ4v) is 4.35. The van der Waals surface area contributed by atoms with Gasteiger partial charge in [0.2, 0.25) is 21.8 Å². The Morgan fingerprint density at radius 3 is 2.24 bits per heavy atom. The Kier molecular flexibility index (Phi) is 9.72. The lowest BCUT2D eigenvalue weighted by atomic mass is 10.1. The SMILES string of the molecule is CCCNC(=O)C(CC)N(Cc1ccccc1)C(=O)CN(c1ccccc1OC)S(C)(=O)=O. The normalized spacial score (nSPS) is 12.0. The van der Waals surface area contributed by atoms with E-state index in [1.807, 2.05) is 44.2 Å². The molecule has 0 aliphatic carbocycles. The number of ether oxygens (including phenoxy) is 1. The molecule has 2 aromatic carbocycles. The molecule has 8 nitrogen and oxygen atoms in total. The van der Waals surface area contributed by atoms with E-state index in [0.717, 1.165) is 22.5 Å². The molecule has 0 aromatic heterocycles. The highest BCUT2D eigenvalue weighted by atomic mass is 32.2. The summed E-state index contributed by atoms with van der Waals surface area (Å²) in [6.45, 7) is 4.01. The Bertz CT molecular complexity index is 1030. The van der Waals surface area contributed by atoms with Crippen molar-refractivity contribution in [2.45, 2.75) is 39.3 Å². The highest BCUT2D eigenvalue weighted by Gasteiger charge is 2.32. The largest absolute Gasteiger partial charge is 0.495 e. The second-order valence-electron chi connectivity index (χ2n) is 7.66. The average molecular weight is 476 g/mol. The van der Waals surface area contributed by atoms with Crippen molar-refractivity contribution < 1.29 is 22.7 Å². The van der Waals surface area contributed by atoms with Crippen LogP contribution in [0.25, 0.3) is 0 Å². The van der Waals surface area contributed by atoms with Crippen LogP contribution in [0.15, 0.2) is 54.6 Å². The smallest absolute Gasteiger partial charge is 0.244 e. The standard InChI is InChI=1S/C24H33N3O5S/c1-5-16-25-24(29)20(6-2)26(17-19-12-8-7-9-13-19)23(28)18-27(33(4,30)31)21-14-10-11-15-22(21)32-3/h7-15,20H,5-6,16-18H2,1-4H3,(H,25,29). The Labute approximate surface area is 196 Å². The first-order chi connectivity index (χ1) is 15.7. The van der Waals surface area contributed by atoms with Crippen LogP contribution in [0, 0.1) is 0 Å². The van der Waals surface area contributed by atoms with Gasteiger partial charge in [-0.3, -0.25) is 13.9 Å². The number of rotatable bonds is 12. The number of amides is 2. The van der Waals surface area contributed by atoms with Gasteiger partial charge in [-0.25, -0.2) is 8.42 Å². The first kappa shape index (κ1) is 26.2. The number of para-hydroxylation sites is 2. The summed E-state index contributed by atoms with van der Waals surface area (Å²) < 4.78 is 31.6. The van der Waals surface area contributed by atoms with Crippen molar-refractivity contribution in [3.05, 3.63) is 60.2 Å². The molecule has 2 aromatic rings. The zero-order chi connectivity index (χ0) is 24.4. The van der Waals surface area contributed by atoms with Gasteiger partial charge >= 0.3 is 0 Å². The number of hydrogen-bond donors (Lipinski definition) is 1. The molecular weight excluding hydrogens is 442 g/mol. The van der Waals surface area contributed by atoms with Gasteiger partial charge in [-0.1, -0.05) is 56.3 Å². The van der Waals surface area contributed by atoms with Crippen LogP contribution in [0.2, 0.25) is 0 Å². The molecule has 2 amide bonds. The lowest BCUT2D eigenvalue weighted by molar-refractivity contribution is -0.140. The molecular formula is C24H33N3O5S. The fraction of sp³-hybridized carbons (Fsp3) is 0.417. The molecule has 0 heterocycles. The van der Waals surface area contributed by atoms with Crippen molar-refractivity contribution in [1.29, 1.82) is 0 Å². The van der Waals surface area contributed by atoms with Crippen molar-refractivity contribution in [1.82, 2.24) is 10.2 Å². The van der Waals surface area contributed by atoms with Crippen LogP contribution in [0.3, 0.4) is 0 Å². The lowest BCUT2D eigenvalue weighted by Gasteiger charge is -2.33. The number of methoxy groups -OCH3 is 1. The van der Waals surface area contributed by atoms with E-state index in [2.05, 4.69) is 5.32 Å². The van der Waals surface area contributed by atoms with E-state index >= 15 is 0 Å². The van der Waals surface area contributed by atoms with Crippen LogP contribution < -0.4 is 14.4 Å². The zero-order valence-corrected chi connectivity index (χ0v) is 20.5. The quantitative estimate of drug-likeness (QED) is 0.509. The van der Waals surface area contributed by atoms with E-state index in [-0.39, 0.29) is 18.1 Å². The topological polar surface area (TPSA) is 96.0 Å². The average Bonchev–Trinajstić information content (AvgIpc) is 2.80. The Hall–Kier alpha value is -3.07. The number of carbonyl (C=O) groups is 2. The number of hydrogen-bond acceptors (Lipinski definition) is 5. The predicted octanol–water partition coefficient (Wildman–Crippen LogP) is 2.79. The monoisotopic (exact) mass is 475 g/mol. The van der Waals surface area contributed by atoms with Gasteiger partial charge < -0.3 is 15.0 Å². The molecule has 0 spiro atoms. The number of nitrogens with zero attached hydrogens (tertiary/aromatic N) is 2. The molecule has 180 valence electrons. The highest BCUT2D eigenvalue weighted by molar-refractivity contribution is 7.92. The molecule has 0 fully saturated rings. The van der Waals surface area contributed by atoms with E-state index in [4.69, 9.17) is 4.74 Å². The molecule has 33 heavy (non-hydrogen) atoms. The summed E-state index contributed by atoms with van der Waals surface area (Å²) in [6.07, 6.45) is 2.20. The molecule has 9 heteroatoms. The van der Waals surface area contributed by atoms with Gasteiger partial charge in [-0.15, -0.1) is 0 Å². The summed E-state index contributed by atoms with van der Waals surface area (Å²) >= 11 is 0. The molecule has 0 radical (unpaired) electrons. The number of nitrogens with one attached hydrogen (secondary N) is 1. The molecule has 0 aliphatic heterocycles. The van der Waals surface area contributed by atoms with Gasteiger partial charge in [0.05, 0.1) is 19.1 Å². The van der Waals surface area contributed by atoms with Crippen LogP contribution in [0.1, 0.15) is 32.3 Å². The summed E-state index contributed by atoms with van der Waals surface area (Å²) in [6, 6.07) is 15.2. The van der Waals surface area contributed by atoms with E-state index in [9.17, 15) is 18.0 Å². The van der Waals surface area contributed by atoms with E-state index < -0.39 is 28.5 Å². The van der Waals surface area contributed by atoms with Crippen LogP contribution in [-0.4, -0.2) is 57.6 Å². The maximum atomic E-state index is 13.6.